The van der Waals surface area contributed by atoms with E-state index in [4.69, 9.17) is 10.2 Å². The fraction of sp³-hybridized carbons (Fsp3) is 0.625. The molecule has 0 aliphatic rings. The van der Waals surface area contributed by atoms with E-state index in [1.807, 2.05) is 13.8 Å². The molecule has 0 aromatic heterocycles. The average Bonchev–Trinajstić information content (AvgIpc) is 1.98. The molecule has 0 spiro atoms. The number of carbonyl (C=O) groups excluding carboxylic acids is 1. The number of Topliss-reactive ketones (excluding diaryl/α,β-unsaturated/α-hetero) is 1. The largest absolute Gasteiger partial charge is 0.388 e. The van der Waals surface area contributed by atoms with E-state index >= 15 is 0 Å². The molecule has 0 fully saturated rings. The lowest BCUT2D eigenvalue weighted by Gasteiger charge is -2.01. The monoisotopic (exact) mass is 158 g/mol. The van der Waals surface area contributed by atoms with Gasteiger partial charge in [-0.05, 0) is 5.92 Å². The zero-order valence-corrected chi connectivity index (χ0v) is 6.82. The standard InChI is InChI=1S/C8H14O3/c1-6(2)3-4-7(10)8(11)5-9/h3-4,6-7,9-10H,5H2,1-2H3/b4-3+. The van der Waals surface area contributed by atoms with Gasteiger partial charge in [0.1, 0.15) is 12.7 Å². The highest BCUT2D eigenvalue weighted by atomic mass is 16.3. The number of rotatable bonds is 4. The molecule has 3 heteroatoms. The summed E-state index contributed by atoms with van der Waals surface area (Å²) in [6.07, 6.45) is 1.96. The van der Waals surface area contributed by atoms with Gasteiger partial charge in [0.15, 0.2) is 5.78 Å². The molecule has 0 saturated heterocycles. The first-order valence-corrected chi connectivity index (χ1v) is 3.58. The summed E-state index contributed by atoms with van der Waals surface area (Å²) in [6.45, 7) is 3.27. The molecule has 0 rings (SSSR count). The molecule has 0 aromatic carbocycles. The predicted molar refractivity (Wildman–Crippen MR) is 42.1 cm³/mol. The Balaban J connectivity index is 3.86. The number of aliphatic hydroxyl groups excluding tert-OH is 2. The molecule has 1 unspecified atom stereocenters. The third kappa shape index (κ3) is 4.70. The minimum absolute atomic E-state index is 0.302. The lowest BCUT2D eigenvalue weighted by Crippen LogP contribution is -2.20. The van der Waals surface area contributed by atoms with E-state index in [0.29, 0.717) is 5.92 Å². The van der Waals surface area contributed by atoms with Crippen molar-refractivity contribution in [2.75, 3.05) is 6.61 Å². The normalized spacial score (nSPS) is 14.3. The van der Waals surface area contributed by atoms with Crippen molar-refractivity contribution in [3.63, 3.8) is 0 Å². The number of aliphatic hydroxyl groups is 2. The summed E-state index contributed by atoms with van der Waals surface area (Å²) >= 11 is 0. The van der Waals surface area contributed by atoms with Gasteiger partial charge >= 0.3 is 0 Å². The second kappa shape index (κ2) is 5.04. The van der Waals surface area contributed by atoms with Crippen LogP contribution in [0.3, 0.4) is 0 Å². The zero-order valence-electron chi connectivity index (χ0n) is 6.82. The van der Waals surface area contributed by atoms with Gasteiger partial charge < -0.3 is 10.2 Å². The Bertz CT molecular complexity index is 149. The first-order valence-electron chi connectivity index (χ1n) is 3.58. The van der Waals surface area contributed by atoms with E-state index in [2.05, 4.69) is 0 Å². The molecule has 0 radical (unpaired) electrons. The molecular weight excluding hydrogens is 144 g/mol. The molecule has 64 valence electrons. The molecule has 0 aliphatic heterocycles. The summed E-state index contributed by atoms with van der Waals surface area (Å²) in [5, 5.41) is 17.3. The van der Waals surface area contributed by atoms with Gasteiger partial charge in [-0.3, -0.25) is 4.79 Å². The molecule has 0 aliphatic carbocycles. The zero-order chi connectivity index (χ0) is 8.85. The summed E-state index contributed by atoms with van der Waals surface area (Å²) in [5.41, 5.74) is 0. The molecule has 0 saturated carbocycles. The number of hydrogen-bond acceptors (Lipinski definition) is 3. The summed E-state index contributed by atoms with van der Waals surface area (Å²) in [4.78, 5) is 10.6. The molecule has 0 heterocycles. The van der Waals surface area contributed by atoms with Crippen LogP contribution in [-0.4, -0.2) is 28.7 Å². The minimum Gasteiger partial charge on any atom is -0.388 e. The van der Waals surface area contributed by atoms with Gasteiger partial charge in [-0.2, -0.15) is 0 Å². The van der Waals surface area contributed by atoms with E-state index in [9.17, 15) is 4.79 Å². The van der Waals surface area contributed by atoms with E-state index < -0.39 is 18.5 Å². The lowest BCUT2D eigenvalue weighted by molar-refractivity contribution is -0.127. The van der Waals surface area contributed by atoms with Gasteiger partial charge in [0.05, 0.1) is 0 Å². The Morgan fingerprint density at radius 2 is 2.00 bits per heavy atom. The van der Waals surface area contributed by atoms with Crippen molar-refractivity contribution < 1.29 is 15.0 Å². The van der Waals surface area contributed by atoms with Crippen LogP contribution in [-0.2, 0) is 4.79 Å². The molecule has 11 heavy (non-hydrogen) atoms. The van der Waals surface area contributed by atoms with Gasteiger partial charge in [-0.1, -0.05) is 26.0 Å². The van der Waals surface area contributed by atoms with Crippen molar-refractivity contribution in [1.29, 1.82) is 0 Å². The minimum atomic E-state index is -1.15. The van der Waals surface area contributed by atoms with Crippen LogP contribution >= 0.6 is 0 Å². The average molecular weight is 158 g/mol. The highest BCUT2D eigenvalue weighted by Gasteiger charge is 2.08. The first kappa shape index (κ1) is 10.3. The Morgan fingerprint density at radius 3 is 2.36 bits per heavy atom. The summed E-state index contributed by atoms with van der Waals surface area (Å²) < 4.78 is 0. The quantitative estimate of drug-likeness (QED) is 0.571. The van der Waals surface area contributed by atoms with Crippen LogP contribution in [0.4, 0.5) is 0 Å². The fourth-order valence-corrected chi connectivity index (χ4v) is 0.528. The van der Waals surface area contributed by atoms with Gasteiger partial charge in [0.25, 0.3) is 0 Å². The Labute approximate surface area is 66.4 Å². The molecular formula is C8H14O3. The number of ketones is 1. The van der Waals surface area contributed by atoms with E-state index in [1.165, 1.54) is 6.08 Å². The fourth-order valence-electron chi connectivity index (χ4n) is 0.528. The number of hydrogen-bond donors (Lipinski definition) is 2. The van der Waals surface area contributed by atoms with Crippen LogP contribution in [0.15, 0.2) is 12.2 Å². The molecule has 1 atom stereocenters. The maximum Gasteiger partial charge on any atom is 0.190 e. The van der Waals surface area contributed by atoms with Gasteiger partial charge in [0.2, 0.25) is 0 Å². The van der Waals surface area contributed by atoms with Gasteiger partial charge in [0, 0.05) is 0 Å². The predicted octanol–water partition coefficient (Wildman–Crippen LogP) is 0.121. The topological polar surface area (TPSA) is 57.5 Å². The maximum atomic E-state index is 10.6. The van der Waals surface area contributed by atoms with Crippen molar-refractivity contribution in [1.82, 2.24) is 0 Å². The van der Waals surface area contributed by atoms with Gasteiger partial charge in [-0.15, -0.1) is 0 Å². The van der Waals surface area contributed by atoms with Crippen molar-refractivity contribution in [2.45, 2.75) is 20.0 Å². The Morgan fingerprint density at radius 1 is 1.45 bits per heavy atom. The van der Waals surface area contributed by atoms with E-state index in [0.717, 1.165) is 0 Å². The third-order valence-electron chi connectivity index (χ3n) is 1.16. The SMILES string of the molecule is CC(C)/C=C/C(O)C(=O)CO. The van der Waals surface area contributed by atoms with Crippen LogP contribution in [0.1, 0.15) is 13.8 Å². The van der Waals surface area contributed by atoms with Crippen LogP contribution in [0.5, 0.6) is 0 Å². The first-order chi connectivity index (χ1) is 5.07. The lowest BCUT2D eigenvalue weighted by atomic mass is 10.1. The van der Waals surface area contributed by atoms with Crippen LogP contribution in [0.2, 0.25) is 0 Å². The van der Waals surface area contributed by atoms with Crippen molar-refractivity contribution in [2.24, 2.45) is 5.92 Å². The van der Waals surface area contributed by atoms with E-state index in [1.54, 1.807) is 6.08 Å². The summed E-state index contributed by atoms with van der Waals surface area (Å²) in [7, 11) is 0. The van der Waals surface area contributed by atoms with Crippen LogP contribution in [0.25, 0.3) is 0 Å². The highest BCUT2D eigenvalue weighted by molar-refractivity contribution is 5.85. The molecule has 2 N–H and O–H groups in total. The highest BCUT2D eigenvalue weighted by Crippen LogP contribution is 1.96. The number of carbonyl (C=O) groups is 1. The molecule has 0 bridgehead atoms. The van der Waals surface area contributed by atoms with Crippen molar-refractivity contribution in [3.05, 3.63) is 12.2 Å². The smallest absolute Gasteiger partial charge is 0.190 e. The number of allylic oxidation sites excluding steroid dienone is 1. The summed E-state index contributed by atoms with van der Waals surface area (Å²) in [6, 6.07) is 0. The second-order valence-corrected chi connectivity index (χ2v) is 2.70. The van der Waals surface area contributed by atoms with Crippen LogP contribution < -0.4 is 0 Å². The van der Waals surface area contributed by atoms with Gasteiger partial charge in [-0.25, -0.2) is 0 Å². The molecule has 0 amide bonds. The van der Waals surface area contributed by atoms with E-state index in [-0.39, 0.29) is 0 Å². The second-order valence-electron chi connectivity index (χ2n) is 2.70. The Hall–Kier alpha value is -0.670. The summed E-state index contributed by atoms with van der Waals surface area (Å²) in [5.74, 6) is -0.266. The van der Waals surface area contributed by atoms with Crippen molar-refractivity contribution >= 4 is 5.78 Å². The van der Waals surface area contributed by atoms with Crippen LogP contribution in [0, 0.1) is 5.92 Å². The third-order valence-corrected chi connectivity index (χ3v) is 1.16. The maximum absolute atomic E-state index is 10.6. The molecule has 0 aromatic rings. The molecule has 3 nitrogen and oxygen atoms in total. The van der Waals surface area contributed by atoms with Crippen molar-refractivity contribution in [3.8, 4) is 0 Å². The Kier molecular flexibility index (Phi) is 4.74.